The van der Waals surface area contributed by atoms with Crippen LogP contribution in [0.4, 0.5) is 11.4 Å². The lowest BCUT2D eigenvalue weighted by molar-refractivity contribution is -0.117. The minimum atomic E-state index is -0.405. The molecule has 0 aliphatic rings. The highest BCUT2D eigenvalue weighted by atomic mass is 79.9. The lowest BCUT2D eigenvalue weighted by Crippen LogP contribution is -2.37. The number of hydrogen-bond acceptors (Lipinski definition) is 6. The largest absolute Gasteiger partial charge is 0.465 e. The SMILES string of the molecule is CCC(C)N(C(C)=O)c1cc(Br)cc(C(=O)OC)c1C.CCC(C)Nc1cc(Br)cc(C(=O)OC)c1C. The van der Waals surface area contributed by atoms with Crippen molar-refractivity contribution in [2.45, 2.75) is 73.4 Å². The second-order valence-corrected chi connectivity index (χ2v) is 10.6. The molecule has 2 aromatic carbocycles. The van der Waals surface area contributed by atoms with Crippen LogP contribution in [0, 0.1) is 13.8 Å². The van der Waals surface area contributed by atoms with E-state index in [2.05, 4.69) is 51.0 Å². The summed E-state index contributed by atoms with van der Waals surface area (Å²) in [6, 6.07) is 7.76. The van der Waals surface area contributed by atoms with Crippen molar-refractivity contribution in [2.24, 2.45) is 0 Å². The van der Waals surface area contributed by atoms with Gasteiger partial charge in [0, 0.05) is 39.3 Å². The van der Waals surface area contributed by atoms with Gasteiger partial charge in [0.25, 0.3) is 0 Å². The number of ether oxygens (including phenoxy) is 2. The topological polar surface area (TPSA) is 84.9 Å². The standard InChI is InChI=1S/C15H20BrNO3.C13H18BrNO2/c1-6-9(2)17(11(4)18)14-8-12(16)7-13(10(14)3)15(19)20-5;1-5-8(2)15-12-7-10(14)6-11(9(12)3)13(16)17-4/h7-9H,6H2,1-5H3;6-8,15H,5H2,1-4H3. The summed E-state index contributed by atoms with van der Waals surface area (Å²) in [5, 5.41) is 3.38. The normalized spacial score (nSPS) is 12.0. The fourth-order valence-electron chi connectivity index (χ4n) is 3.66. The molecule has 37 heavy (non-hydrogen) atoms. The third kappa shape index (κ3) is 8.85. The summed E-state index contributed by atoms with van der Waals surface area (Å²) in [7, 11) is 2.74. The number of carbonyl (C=O) groups excluding carboxylic acids is 3. The number of halogens is 2. The molecular formula is C28H38Br2N2O5. The van der Waals surface area contributed by atoms with Gasteiger partial charge in [0.2, 0.25) is 5.91 Å². The van der Waals surface area contributed by atoms with Crippen molar-refractivity contribution in [2.75, 3.05) is 24.4 Å². The summed E-state index contributed by atoms with van der Waals surface area (Å²) in [4.78, 5) is 37.1. The average Bonchev–Trinajstić information content (AvgIpc) is 2.86. The van der Waals surface area contributed by atoms with Crippen LogP contribution in [0.1, 0.15) is 79.3 Å². The molecule has 0 aliphatic carbocycles. The number of esters is 2. The number of rotatable bonds is 8. The fourth-order valence-corrected chi connectivity index (χ4v) is 4.56. The zero-order chi connectivity index (χ0) is 28.4. The maximum Gasteiger partial charge on any atom is 0.338 e. The highest BCUT2D eigenvalue weighted by Gasteiger charge is 2.23. The number of nitrogens with one attached hydrogen (secondary N) is 1. The molecule has 0 aliphatic heterocycles. The first-order valence-electron chi connectivity index (χ1n) is 12.2. The van der Waals surface area contributed by atoms with E-state index in [0.29, 0.717) is 17.2 Å². The molecule has 0 spiro atoms. The molecule has 1 amide bonds. The zero-order valence-corrected chi connectivity index (χ0v) is 26.3. The molecule has 0 aromatic heterocycles. The monoisotopic (exact) mass is 640 g/mol. The Kier molecular flexibility index (Phi) is 13.3. The predicted molar refractivity (Wildman–Crippen MR) is 157 cm³/mol. The van der Waals surface area contributed by atoms with E-state index in [1.807, 2.05) is 39.8 Å². The average molecular weight is 642 g/mol. The van der Waals surface area contributed by atoms with Gasteiger partial charge in [-0.3, -0.25) is 4.79 Å². The van der Waals surface area contributed by atoms with E-state index in [0.717, 1.165) is 44.3 Å². The number of amides is 1. The molecule has 0 saturated carbocycles. The summed E-state index contributed by atoms with van der Waals surface area (Å²) in [6.07, 6.45) is 1.86. The minimum absolute atomic E-state index is 0.0450. The van der Waals surface area contributed by atoms with Crippen LogP contribution in [0.3, 0.4) is 0 Å². The number of nitrogens with zero attached hydrogens (tertiary/aromatic N) is 1. The number of carbonyl (C=O) groups is 3. The third-order valence-electron chi connectivity index (χ3n) is 6.17. The molecule has 9 heteroatoms. The van der Waals surface area contributed by atoms with E-state index in [-0.39, 0.29) is 17.9 Å². The fraction of sp³-hybridized carbons (Fsp3) is 0.464. The van der Waals surface area contributed by atoms with E-state index in [4.69, 9.17) is 9.47 Å². The van der Waals surface area contributed by atoms with E-state index in [9.17, 15) is 14.4 Å². The first-order chi connectivity index (χ1) is 17.3. The molecule has 0 radical (unpaired) electrons. The number of benzene rings is 2. The summed E-state index contributed by atoms with van der Waals surface area (Å²) < 4.78 is 11.2. The van der Waals surface area contributed by atoms with Crippen molar-refractivity contribution < 1.29 is 23.9 Å². The number of anilines is 2. The second-order valence-electron chi connectivity index (χ2n) is 8.81. The van der Waals surface area contributed by atoms with Crippen molar-refractivity contribution in [3.63, 3.8) is 0 Å². The Morgan fingerprint density at radius 1 is 0.865 bits per heavy atom. The summed E-state index contributed by atoms with van der Waals surface area (Å²) in [5.74, 6) is -0.759. The Balaban J connectivity index is 0.000000375. The quantitative estimate of drug-likeness (QED) is 0.301. The Hall–Kier alpha value is -2.39. The third-order valence-corrected chi connectivity index (χ3v) is 7.09. The van der Waals surface area contributed by atoms with Gasteiger partial charge < -0.3 is 19.7 Å². The van der Waals surface area contributed by atoms with Crippen LogP contribution in [0.2, 0.25) is 0 Å². The first kappa shape index (κ1) is 32.6. The smallest absolute Gasteiger partial charge is 0.338 e. The maximum absolute atomic E-state index is 12.0. The van der Waals surface area contributed by atoms with Gasteiger partial charge in [0.05, 0.1) is 25.3 Å². The van der Waals surface area contributed by atoms with Crippen LogP contribution in [-0.4, -0.2) is 44.1 Å². The molecule has 204 valence electrons. The van der Waals surface area contributed by atoms with Crippen LogP contribution in [-0.2, 0) is 14.3 Å². The van der Waals surface area contributed by atoms with Crippen LogP contribution >= 0.6 is 31.9 Å². The van der Waals surface area contributed by atoms with Gasteiger partial charge in [-0.2, -0.15) is 0 Å². The van der Waals surface area contributed by atoms with Gasteiger partial charge in [0.1, 0.15) is 0 Å². The van der Waals surface area contributed by atoms with Crippen molar-refractivity contribution in [1.82, 2.24) is 0 Å². The second kappa shape index (κ2) is 15.1. The Morgan fingerprint density at radius 3 is 1.78 bits per heavy atom. The molecule has 0 fully saturated rings. The van der Waals surface area contributed by atoms with Crippen LogP contribution in [0.25, 0.3) is 0 Å². The Morgan fingerprint density at radius 2 is 1.35 bits per heavy atom. The van der Waals surface area contributed by atoms with E-state index in [1.165, 1.54) is 21.1 Å². The predicted octanol–water partition coefficient (Wildman–Crippen LogP) is 7.45. The molecule has 0 saturated heterocycles. The molecule has 0 bridgehead atoms. The first-order valence-corrected chi connectivity index (χ1v) is 13.7. The lowest BCUT2D eigenvalue weighted by atomic mass is 10.0. The summed E-state index contributed by atoms with van der Waals surface area (Å²) >= 11 is 6.80. The zero-order valence-electron chi connectivity index (χ0n) is 23.1. The highest BCUT2D eigenvalue weighted by molar-refractivity contribution is 9.10. The Bertz CT molecular complexity index is 1120. The van der Waals surface area contributed by atoms with Crippen molar-refractivity contribution in [3.8, 4) is 0 Å². The van der Waals surface area contributed by atoms with E-state index in [1.54, 1.807) is 17.0 Å². The number of methoxy groups -OCH3 is 2. The molecular weight excluding hydrogens is 604 g/mol. The summed E-state index contributed by atoms with van der Waals surface area (Å²) in [5.41, 5.74) is 4.42. The van der Waals surface area contributed by atoms with Crippen LogP contribution in [0.15, 0.2) is 33.2 Å². The van der Waals surface area contributed by atoms with Gasteiger partial charge in [-0.1, -0.05) is 45.7 Å². The number of hydrogen-bond donors (Lipinski definition) is 1. The molecule has 0 heterocycles. The summed E-state index contributed by atoms with van der Waals surface area (Å²) in [6.45, 7) is 13.5. The maximum atomic E-state index is 12.0. The molecule has 2 rings (SSSR count). The minimum Gasteiger partial charge on any atom is -0.465 e. The van der Waals surface area contributed by atoms with Crippen LogP contribution in [0.5, 0.6) is 0 Å². The van der Waals surface area contributed by atoms with Gasteiger partial charge in [-0.15, -0.1) is 0 Å². The molecule has 1 N–H and O–H groups in total. The van der Waals surface area contributed by atoms with E-state index >= 15 is 0 Å². The van der Waals surface area contributed by atoms with Crippen molar-refractivity contribution >= 4 is 61.1 Å². The van der Waals surface area contributed by atoms with Crippen molar-refractivity contribution in [3.05, 3.63) is 55.5 Å². The van der Waals surface area contributed by atoms with Crippen molar-refractivity contribution in [1.29, 1.82) is 0 Å². The van der Waals surface area contributed by atoms with Gasteiger partial charge in [-0.25, -0.2) is 9.59 Å². The van der Waals surface area contributed by atoms with Gasteiger partial charge in [-0.05, 0) is 75.9 Å². The molecule has 2 unspecified atom stereocenters. The van der Waals surface area contributed by atoms with E-state index < -0.39 is 5.97 Å². The highest BCUT2D eigenvalue weighted by Crippen LogP contribution is 2.31. The molecule has 7 nitrogen and oxygen atoms in total. The van der Waals surface area contributed by atoms with Gasteiger partial charge in [0.15, 0.2) is 0 Å². The molecule has 2 aromatic rings. The van der Waals surface area contributed by atoms with Crippen LogP contribution < -0.4 is 10.2 Å². The lowest BCUT2D eigenvalue weighted by Gasteiger charge is -2.29. The van der Waals surface area contributed by atoms with Gasteiger partial charge >= 0.3 is 11.9 Å². The molecule has 2 atom stereocenters. The Labute approximate surface area is 237 Å².